The number of fused-ring (bicyclic) bond motifs is 1. The van der Waals surface area contributed by atoms with Crippen molar-refractivity contribution in [1.82, 2.24) is 0 Å². The monoisotopic (exact) mass is 279 g/mol. The smallest absolute Gasteiger partial charge is 0.415 e. The van der Waals surface area contributed by atoms with Gasteiger partial charge in [-0.05, 0) is 39.0 Å². The first kappa shape index (κ1) is 14.2. The van der Waals surface area contributed by atoms with Gasteiger partial charge >= 0.3 is 12.1 Å². The molecule has 1 aromatic rings. The molecule has 2 rings (SSSR count). The number of benzene rings is 1. The predicted octanol–water partition coefficient (Wildman–Crippen LogP) is 2.52. The van der Waals surface area contributed by atoms with Gasteiger partial charge in [0.2, 0.25) is 0 Å². The van der Waals surface area contributed by atoms with Crippen molar-refractivity contribution in [3.63, 3.8) is 0 Å². The highest BCUT2D eigenvalue weighted by atomic mass is 16.6. The van der Waals surface area contributed by atoms with Gasteiger partial charge in [0.25, 0.3) is 0 Å². The third-order valence-electron chi connectivity index (χ3n) is 2.68. The summed E-state index contributed by atoms with van der Waals surface area (Å²) >= 11 is 0. The van der Waals surface area contributed by atoms with Crippen LogP contribution < -0.4 is 9.64 Å². The maximum atomic E-state index is 12.1. The summed E-state index contributed by atoms with van der Waals surface area (Å²) in [7, 11) is 0. The number of rotatable bonds is 1. The summed E-state index contributed by atoms with van der Waals surface area (Å²) in [6, 6.07) is 4.41. The van der Waals surface area contributed by atoms with Crippen molar-refractivity contribution < 1.29 is 24.2 Å². The van der Waals surface area contributed by atoms with E-state index in [1.54, 1.807) is 26.8 Å². The molecule has 1 aliphatic rings. The van der Waals surface area contributed by atoms with Gasteiger partial charge in [-0.1, -0.05) is 0 Å². The van der Waals surface area contributed by atoms with Crippen LogP contribution in [0.3, 0.4) is 0 Å². The minimum Gasteiger partial charge on any atom is -0.490 e. The highest BCUT2D eigenvalue weighted by Crippen LogP contribution is 2.33. The Balaban J connectivity index is 2.29. The zero-order chi connectivity index (χ0) is 14.9. The van der Waals surface area contributed by atoms with Crippen molar-refractivity contribution in [1.29, 1.82) is 0 Å². The molecule has 0 fully saturated rings. The third kappa shape index (κ3) is 3.01. The lowest BCUT2D eigenvalue weighted by atomic mass is 10.1. The Hall–Kier alpha value is -2.24. The predicted molar refractivity (Wildman–Crippen MR) is 72.5 cm³/mol. The highest BCUT2D eigenvalue weighted by molar-refractivity contribution is 5.93. The van der Waals surface area contributed by atoms with Crippen LogP contribution in [0.4, 0.5) is 10.5 Å². The van der Waals surface area contributed by atoms with Crippen LogP contribution in [0.5, 0.6) is 5.75 Å². The van der Waals surface area contributed by atoms with E-state index >= 15 is 0 Å². The number of carbonyl (C=O) groups excluding carboxylic acids is 1. The Labute approximate surface area is 116 Å². The first-order chi connectivity index (χ1) is 9.28. The molecule has 0 aromatic heterocycles. The normalized spacial score (nSPS) is 14.2. The molecule has 1 N–H and O–H groups in total. The SMILES string of the molecule is CC(C)(C)OC(=O)N1CCOc2cc(C(=O)O)ccc21. The molecular formula is C14H17NO5. The molecule has 0 radical (unpaired) electrons. The van der Waals surface area contributed by atoms with Crippen LogP contribution in [-0.4, -0.2) is 35.9 Å². The lowest BCUT2D eigenvalue weighted by Gasteiger charge is -2.31. The zero-order valence-electron chi connectivity index (χ0n) is 11.7. The van der Waals surface area contributed by atoms with E-state index in [2.05, 4.69) is 0 Å². The maximum absolute atomic E-state index is 12.1. The number of anilines is 1. The Morgan fingerprint density at radius 3 is 2.65 bits per heavy atom. The van der Waals surface area contributed by atoms with Crippen LogP contribution in [0.15, 0.2) is 18.2 Å². The van der Waals surface area contributed by atoms with Gasteiger partial charge in [-0.2, -0.15) is 0 Å². The van der Waals surface area contributed by atoms with Crippen LogP contribution in [0.1, 0.15) is 31.1 Å². The van der Waals surface area contributed by atoms with E-state index < -0.39 is 17.7 Å². The Morgan fingerprint density at radius 2 is 2.05 bits per heavy atom. The first-order valence-electron chi connectivity index (χ1n) is 6.28. The summed E-state index contributed by atoms with van der Waals surface area (Å²) in [5.74, 6) is -0.659. The van der Waals surface area contributed by atoms with Crippen LogP contribution in [0.2, 0.25) is 0 Å². The van der Waals surface area contributed by atoms with Crippen molar-refractivity contribution >= 4 is 17.7 Å². The second-order valence-electron chi connectivity index (χ2n) is 5.47. The van der Waals surface area contributed by atoms with E-state index in [9.17, 15) is 9.59 Å². The van der Waals surface area contributed by atoms with Crippen LogP contribution >= 0.6 is 0 Å². The Morgan fingerprint density at radius 1 is 1.35 bits per heavy atom. The van der Waals surface area contributed by atoms with E-state index in [0.29, 0.717) is 24.6 Å². The summed E-state index contributed by atoms with van der Waals surface area (Å²) in [5, 5.41) is 8.95. The second kappa shape index (κ2) is 5.03. The molecule has 0 unspecified atom stereocenters. The molecule has 1 amide bonds. The zero-order valence-corrected chi connectivity index (χ0v) is 11.7. The van der Waals surface area contributed by atoms with Crippen molar-refractivity contribution in [3.8, 4) is 5.75 Å². The first-order valence-corrected chi connectivity index (χ1v) is 6.28. The van der Waals surface area contributed by atoms with Gasteiger partial charge in [0.05, 0.1) is 17.8 Å². The molecular weight excluding hydrogens is 262 g/mol. The number of hydrogen-bond donors (Lipinski definition) is 1. The van der Waals surface area contributed by atoms with Crippen molar-refractivity contribution in [3.05, 3.63) is 23.8 Å². The van der Waals surface area contributed by atoms with Gasteiger partial charge in [0.1, 0.15) is 18.0 Å². The molecule has 0 spiro atoms. The molecule has 0 atom stereocenters. The van der Waals surface area contributed by atoms with Gasteiger partial charge < -0.3 is 14.6 Å². The number of carboxylic acid groups (broad SMARTS) is 1. The molecule has 0 saturated heterocycles. The Bertz CT molecular complexity index is 547. The molecule has 6 nitrogen and oxygen atoms in total. The average molecular weight is 279 g/mol. The van der Waals surface area contributed by atoms with Crippen LogP contribution in [0, 0.1) is 0 Å². The van der Waals surface area contributed by atoms with Gasteiger partial charge in [-0.3, -0.25) is 4.90 Å². The molecule has 1 heterocycles. The molecule has 108 valence electrons. The van der Waals surface area contributed by atoms with Crippen LogP contribution in [0.25, 0.3) is 0 Å². The van der Waals surface area contributed by atoms with Crippen molar-refractivity contribution in [2.24, 2.45) is 0 Å². The van der Waals surface area contributed by atoms with E-state index in [-0.39, 0.29) is 5.56 Å². The third-order valence-corrected chi connectivity index (χ3v) is 2.68. The van der Waals surface area contributed by atoms with E-state index in [4.69, 9.17) is 14.6 Å². The summed E-state index contributed by atoms with van der Waals surface area (Å²) in [5.41, 5.74) is 0.0570. The molecule has 6 heteroatoms. The summed E-state index contributed by atoms with van der Waals surface area (Å²) in [6.45, 7) is 6.04. The average Bonchev–Trinajstić information content (AvgIpc) is 2.35. The number of carboxylic acids is 1. The largest absolute Gasteiger partial charge is 0.490 e. The molecule has 0 aliphatic carbocycles. The number of nitrogens with zero attached hydrogens (tertiary/aromatic N) is 1. The summed E-state index contributed by atoms with van der Waals surface area (Å²) in [4.78, 5) is 24.5. The van der Waals surface area contributed by atoms with Gasteiger partial charge in [0.15, 0.2) is 0 Å². The standard InChI is InChI=1S/C14H17NO5/c1-14(2,3)20-13(18)15-6-7-19-11-8-9(12(16)17)4-5-10(11)15/h4-5,8H,6-7H2,1-3H3,(H,16,17). The number of aromatic carboxylic acids is 1. The van der Waals surface area contributed by atoms with Gasteiger partial charge in [-0.15, -0.1) is 0 Å². The van der Waals surface area contributed by atoms with Crippen molar-refractivity contribution in [2.75, 3.05) is 18.1 Å². The van der Waals surface area contributed by atoms with E-state index in [1.807, 2.05) is 0 Å². The highest BCUT2D eigenvalue weighted by Gasteiger charge is 2.28. The molecule has 1 aliphatic heterocycles. The lowest BCUT2D eigenvalue weighted by Crippen LogP contribution is -2.41. The minimum absolute atomic E-state index is 0.120. The number of hydrogen-bond acceptors (Lipinski definition) is 4. The number of amides is 1. The molecule has 1 aromatic carbocycles. The van der Waals surface area contributed by atoms with E-state index in [1.165, 1.54) is 17.0 Å². The second-order valence-corrected chi connectivity index (χ2v) is 5.47. The number of ether oxygens (including phenoxy) is 2. The molecule has 0 bridgehead atoms. The Kier molecular flexibility index (Phi) is 3.57. The summed E-state index contributed by atoms with van der Waals surface area (Å²) in [6.07, 6.45) is -0.467. The van der Waals surface area contributed by atoms with Gasteiger partial charge in [0, 0.05) is 0 Å². The molecule has 20 heavy (non-hydrogen) atoms. The fourth-order valence-corrected chi connectivity index (χ4v) is 1.86. The minimum atomic E-state index is -1.04. The van der Waals surface area contributed by atoms with E-state index in [0.717, 1.165) is 0 Å². The summed E-state index contributed by atoms with van der Waals surface area (Å²) < 4.78 is 10.7. The van der Waals surface area contributed by atoms with Gasteiger partial charge in [-0.25, -0.2) is 9.59 Å². The maximum Gasteiger partial charge on any atom is 0.415 e. The fourth-order valence-electron chi connectivity index (χ4n) is 1.86. The fraction of sp³-hybridized carbons (Fsp3) is 0.429. The van der Waals surface area contributed by atoms with Crippen LogP contribution in [-0.2, 0) is 4.74 Å². The molecule has 0 saturated carbocycles. The lowest BCUT2D eigenvalue weighted by molar-refractivity contribution is 0.0567. The number of carbonyl (C=O) groups is 2. The van der Waals surface area contributed by atoms with Crippen molar-refractivity contribution in [2.45, 2.75) is 26.4 Å². The quantitative estimate of drug-likeness (QED) is 0.854. The topological polar surface area (TPSA) is 76.1 Å².